The van der Waals surface area contributed by atoms with Crippen LogP contribution in [-0.4, -0.2) is 23.3 Å². The van der Waals surface area contributed by atoms with E-state index in [-0.39, 0.29) is 22.1 Å². The summed E-state index contributed by atoms with van der Waals surface area (Å²) in [5.41, 5.74) is 0.852. The molecule has 1 aromatic carbocycles. The van der Waals surface area contributed by atoms with Crippen molar-refractivity contribution in [3.8, 4) is 11.5 Å². The zero-order valence-electron chi connectivity index (χ0n) is 9.24. The molecule has 2 N–H and O–H groups in total. The number of carboxylic acids is 1. The Kier molecular flexibility index (Phi) is 3.65. The van der Waals surface area contributed by atoms with Crippen LogP contribution in [0.2, 0.25) is 5.02 Å². The highest BCUT2D eigenvalue weighted by Gasteiger charge is 2.24. The number of aryl methyl sites for hydroxylation is 1. The molecule has 1 atom stereocenters. The van der Waals surface area contributed by atoms with Gasteiger partial charge in [0.15, 0.2) is 11.5 Å². The molecule has 5 heteroatoms. The molecule has 0 aromatic heterocycles. The van der Waals surface area contributed by atoms with E-state index < -0.39 is 11.9 Å². The van der Waals surface area contributed by atoms with Gasteiger partial charge >= 0.3 is 5.97 Å². The zero-order valence-corrected chi connectivity index (χ0v) is 10.00. The van der Waals surface area contributed by atoms with E-state index in [1.807, 2.05) is 0 Å². The van der Waals surface area contributed by atoms with E-state index in [1.54, 1.807) is 13.0 Å². The van der Waals surface area contributed by atoms with Crippen LogP contribution in [-0.2, 0) is 4.79 Å². The number of carboxylic acid groups (broad SMARTS) is 1. The first kappa shape index (κ1) is 12.6. The summed E-state index contributed by atoms with van der Waals surface area (Å²) in [7, 11) is 1.40. The Morgan fingerprint density at radius 3 is 2.56 bits per heavy atom. The summed E-state index contributed by atoms with van der Waals surface area (Å²) in [6.45, 7) is 3.19. The minimum atomic E-state index is -1.05. The first-order chi connectivity index (χ1) is 7.40. The van der Waals surface area contributed by atoms with Gasteiger partial charge in [-0.25, -0.2) is 0 Å². The van der Waals surface area contributed by atoms with Crippen LogP contribution in [0.25, 0.3) is 0 Å². The monoisotopic (exact) mass is 244 g/mol. The third-order valence-corrected chi connectivity index (χ3v) is 2.94. The maximum Gasteiger partial charge on any atom is 0.310 e. The van der Waals surface area contributed by atoms with E-state index >= 15 is 0 Å². The lowest BCUT2D eigenvalue weighted by Crippen LogP contribution is -2.09. The summed E-state index contributed by atoms with van der Waals surface area (Å²) in [5.74, 6) is -1.93. The second-order valence-corrected chi connectivity index (χ2v) is 3.91. The number of rotatable bonds is 3. The van der Waals surface area contributed by atoms with Gasteiger partial charge in [0.2, 0.25) is 0 Å². The maximum atomic E-state index is 10.9. The van der Waals surface area contributed by atoms with Crippen molar-refractivity contribution in [1.29, 1.82) is 0 Å². The molecule has 0 spiro atoms. The molecule has 0 aliphatic carbocycles. The number of aliphatic carboxylic acids is 1. The fraction of sp³-hybridized carbons (Fsp3) is 0.364. The molecule has 0 aliphatic heterocycles. The van der Waals surface area contributed by atoms with Gasteiger partial charge in [0.05, 0.1) is 18.1 Å². The summed E-state index contributed by atoms with van der Waals surface area (Å²) in [6, 6.07) is 1.57. The summed E-state index contributed by atoms with van der Waals surface area (Å²) in [5, 5.41) is 19.0. The van der Waals surface area contributed by atoms with Crippen LogP contribution in [0.1, 0.15) is 24.0 Å². The highest BCUT2D eigenvalue weighted by molar-refractivity contribution is 6.32. The van der Waals surface area contributed by atoms with Crippen LogP contribution in [0.5, 0.6) is 11.5 Å². The highest BCUT2D eigenvalue weighted by atomic mass is 35.5. The third kappa shape index (κ3) is 2.07. The molecule has 1 aromatic rings. The summed E-state index contributed by atoms with van der Waals surface area (Å²) >= 11 is 5.99. The quantitative estimate of drug-likeness (QED) is 0.858. The predicted octanol–water partition coefficient (Wildman–Crippen LogP) is 2.55. The van der Waals surface area contributed by atoms with Crippen molar-refractivity contribution >= 4 is 17.6 Å². The average molecular weight is 245 g/mol. The van der Waals surface area contributed by atoms with Crippen LogP contribution in [0, 0.1) is 6.92 Å². The van der Waals surface area contributed by atoms with Crippen molar-refractivity contribution in [2.45, 2.75) is 19.8 Å². The van der Waals surface area contributed by atoms with Crippen molar-refractivity contribution in [3.05, 3.63) is 22.2 Å². The molecule has 0 amide bonds. The van der Waals surface area contributed by atoms with E-state index in [4.69, 9.17) is 21.4 Å². The lowest BCUT2D eigenvalue weighted by Gasteiger charge is -2.15. The third-order valence-electron chi connectivity index (χ3n) is 2.44. The number of methoxy groups -OCH3 is 1. The van der Waals surface area contributed by atoms with Crippen LogP contribution in [0.15, 0.2) is 6.07 Å². The number of phenolic OH excluding ortho intramolecular Hbond substituents is 1. The molecule has 0 radical (unpaired) electrons. The predicted molar refractivity (Wildman–Crippen MR) is 60.5 cm³/mol. The number of halogens is 1. The topological polar surface area (TPSA) is 66.8 Å². The van der Waals surface area contributed by atoms with Crippen molar-refractivity contribution in [3.63, 3.8) is 0 Å². The maximum absolute atomic E-state index is 10.9. The summed E-state index contributed by atoms with van der Waals surface area (Å²) in [4.78, 5) is 10.9. The molecular weight excluding hydrogens is 232 g/mol. The Morgan fingerprint density at radius 1 is 1.56 bits per heavy atom. The van der Waals surface area contributed by atoms with E-state index in [2.05, 4.69) is 0 Å². The fourth-order valence-electron chi connectivity index (χ4n) is 1.45. The Morgan fingerprint density at radius 2 is 2.12 bits per heavy atom. The molecule has 1 rings (SSSR count). The van der Waals surface area contributed by atoms with Crippen molar-refractivity contribution in [2.75, 3.05) is 7.11 Å². The number of benzene rings is 1. The molecule has 0 bridgehead atoms. The normalized spacial score (nSPS) is 12.2. The van der Waals surface area contributed by atoms with Crippen LogP contribution in [0.4, 0.5) is 0 Å². The van der Waals surface area contributed by atoms with Gasteiger partial charge in [-0.1, -0.05) is 11.6 Å². The van der Waals surface area contributed by atoms with Crippen molar-refractivity contribution in [2.24, 2.45) is 0 Å². The van der Waals surface area contributed by atoms with Gasteiger partial charge in [0.1, 0.15) is 0 Å². The average Bonchev–Trinajstić information content (AvgIpc) is 2.23. The van der Waals surface area contributed by atoms with Gasteiger partial charge in [0, 0.05) is 5.56 Å². The summed E-state index contributed by atoms with van der Waals surface area (Å²) < 4.78 is 4.95. The number of aromatic hydroxyl groups is 1. The van der Waals surface area contributed by atoms with E-state index in [1.165, 1.54) is 14.0 Å². The molecular formula is C11H13ClO4. The SMILES string of the molecule is COc1cc(C)c(Cl)c(C(C)C(=O)O)c1O. The number of ether oxygens (including phenoxy) is 1. The highest BCUT2D eigenvalue weighted by Crippen LogP contribution is 2.41. The summed E-state index contributed by atoms with van der Waals surface area (Å²) in [6.07, 6.45) is 0. The number of carbonyl (C=O) groups is 1. The van der Waals surface area contributed by atoms with Gasteiger partial charge in [-0.3, -0.25) is 4.79 Å². The first-order valence-corrected chi connectivity index (χ1v) is 5.06. The van der Waals surface area contributed by atoms with E-state index in [0.29, 0.717) is 5.56 Å². The second-order valence-electron chi connectivity index (χ2n) is 3.53. The van der Waals surface area contributed by atoms with Crippen molar-refractivity contribution < 1.29 is 19.7 Å². The molecule has 0 fully saturated rings. The zero-order chi connectivity index (χ0) is 12.5. The molecule has 0 heterocycles. The van der Waals surface area contributed by atoms with Gasteiger partial charge < -0.3 is 14.9 Å². The van der Waals surface area contributed by atoms with Crippen molar-refractivity contribution in [1.82, 2.24) is 0 Å². The Hall–Kier alpha value is -1.42. The van der Waals surface area contributed by atoms with E-state index in [9.17, 15) is 9.90 Å². The minimum absolute atomic E-state index is 0.186. The first-order valence-electron chi connectivity index (χ1n) is 4.68. The van der Waals surface area contributed by atoms with Crippen LogP contribution >= 0.6 is 11.6 Å². The van der Waals surface area contributed by atoms with Gasteiger partial charge in [0.25, 0.3) is 0 Å². The Labute approximate surface area is 98.4 Å². The van der Waals surface area contributed by atoms with Gasteiger partial charge in [-0.15, -0.1) is 0 Å². The largest absolute Gasteiger partial charge is 0.504 e. The standard InChI is InChI=1S/C11H13ClO4/c1-5-4-7(16-3)10(13)8(9(5)12)6(2)11(14)15/h4,6,13H,1-3H3,(H,14,15). The number of hydrogen-bond donors (Lipinski definition) is 2. The van der Waals surface area contributed by atoms with Gasteiger partial charge in [-0.05, 0) is 25.5 Å². The lowest BCUT2D eigenvalue weighted by atomic mass is 9.97. The lowest BCUT2D eigenvalue weighted by molar-refractivity contribution is -0.138. The molecule has 4 nitrogen and oxygen atoms in total. The molecule has 0 aliphatic rings. The van der Waals surface area contributed by atoms with Crippen LogP contribution < -0.4 is 4.74 Å². The molecule has 0 saturated carbocycles. The molecule has 1 unspecified atom stereocenters. The Bertz CT molecular complexity index is 428. The fourth-order valence-corrected chi connectivity index (χ4v) is 1.76. The van der Waals surface area contributed by atoms with Gasteiger partial charge in [-0.2, -0.15) is 0 Å². The van der Waals surface area contributed by atoms with Crippen LogP contribution in [0.3, 0.4) is 0 Å². The Balaban J connectivity index is 3.47. The van der Waals surface area contributed by atoms with E-state index in [0.717, 1.165) is 0 Å². The smallest absolute Gasteiger partial charge is 0.310 e. The molecule has 16 heavy (non-hydrogen) atoms. The second kappa shape index (κ2) is 4.61. The molecule has 0 saturated heterocycles. The minimum Gasteiger partial charge on any atom is -0.504 e. The number of phenols is 1. The number of hydrogen-bond acceptors (Lipinski definition) is 3. The molecule has 88 valence electrons.